The molecule has 2 aromatic carbocycles. The Kier molecular flexibility index (Phi) is 3.83. The van der Waals surface area contributed by atoms with E-state index in [1.165, 1.54) is 12.8 Å². The van der Waals surface area contributed by atoms with E-state index < -0.39 is 0 Å². The largest absolute Gasteiger partial charge is 0.356 e. The Morgan fingerprint density at radius 2 is 1.70 bits per heavy atom. The molecule has 116 valence electrons. The summed E-state index contributed by atoms with van der Waals surface area (Å²) >= 11 is 12.5. The number of halogens is 2. The highest BCUT2D eigenvalue weighted by Gasteiger charge is 2.19. The van der Waals surface area contributed by atoms with Gasteiger partial charge in [0, 0.05) is 29.1 Å². The lowest BCUT2D eigenvalue weighted by atomic mass is 10.1. The van der Waals surface area contributed by atoms with E-state index in [1.54, 1.807) is 0 Å². The highest BCUT2D eigenvalue weighted by atomic mass is 35.5. The summed E-state index contributed by atoms with van der Waals surface area (Å²) in [6, 6.07) is 13.4. The molecule has 0 amide bonds. The summed E-state index contributed by atoms with van der Waals surface area (Å²) in [5.41, 5.74) is 1.74. The lowest BCUT2D eigenvalue weighted by molar-refractivity contribution is 0.941. The van der Waals surface area contributed by atoms with Crippen LogP contribution in [0, 0.1) is 0 Å². The summed E-state index contributed by atoms with van der Waals surface area (Å²) in [5.74, 6) is 1.61. The van der Waals surface area contributed by atoms with Gasteiger partial charge >= 0.3 is 0 Å². The fourth-order valence-electron chi connectivity index (χ4n) is 3.02. The van der Waals surface area contributed by atoms with Crippen molar-refractivity contribution in [1.29, 1.82) is 0 Å². The van der Waals surface area contributed by atoms with Crippen molar-refractivity contribution in [3.8, 4) is 11.4 Å². The molecule has 0 saturated carbocycles. The third-order valence-corrected chi connectivity index (χ3v) is 4.72. The smallest absolute Gasteiger partial charge is 0.163 e. The van der Waals surface area contributed by atoms with E-state index in [2.05, 4.69) is 4.90 Å². The van der Waals surface area contributed by atoms with E-state index in [1.807, 2.05) is 42.5 Å². The molecule has 0 unspecified atom stereocenters. The van der Waals surface area contributed by atoms with Crippen LogP contribution in [-0.2, 0) is 0 Å². The third kappa shape index (κ3) is 2.75. The summed E-state index contributed by atoms with van der Waals surface area (Å²) in [6.07, 6.45) is 2.38. The summed E-state index contributed by atoms with van der Waals surface area (Å²) in [6.45, 7) is 2.03. The van der Waals surface area contributed by atoms with Crippen molar-refractivity contribution in [3.63, 3.8) is 0 Å². The fourth-order valence-corrected chi connectivity index (χ4v) is 3.41. The van der Waals surface area contributed by atoms with Crippen molar-refractivity contribution in [3.05, 3.63) is 52.5 Å². The lowest BCUT2D eigenvalue weighted by Crippen LogP contribution is -2.20. The molecule has 2 heterocycles. The second-order valence-electron chi connectivity index (χ2n) is 5.71. The number of anilines is 1. The van der Waals surface area contributed by atoms with Crippen molar-refractivity contribution >= 4 is 39.9 Å². The number of fused-ring (bicyclic) bond motifs is 1. The molecular weight excluding hydrogens is 329 g/mol. The molecule has 0 spiro atoms. The first-order valence-electron chi connectivity index (χ1n) is 7.69. The van der Waals surface area contributed by atoms with Crippen LogP contribution in [-0.4, -0.2) is 23.1 Å². The molecule has 1 aromatic heterocycles. The molecule has 3 nitrogen and oxygen atoms in total. The Bertz CT molecular complexity index is 873. The SMILES string of the molecule is Clc1ccc2nc(-c3ccccc3Cl)nc(N3CCCC3)c2c1. The van der Waals surface area contributed by atoms with Crippen molar-refractivity contribution in [1.82, 2.24) is 9.97 Å². The number of hydrogen-bond acceptors (Lipinski definition) is 3. The Hall–Kier alpha value is -1.84. The minimum absolute atomic E-state index is 0.660. The zero-order chi connectivity index (χ0) is 15.8. The summed E-state index contributed by atoms with van der Waals surface area (Å²) < 4.78 is 0. The van der Waals surface area contributed by atoms with Gasteiger partial charge in [0.1, 0.15) is 5.82 Å². The molecule has 3 aromatic rings. The van der Waals surface area contributed by atoms with Crippen LogP contribution in [0.1, 0.15) is 12.8 Å². The van der Waals surface area contributed by atoms with Gasteiger partial charge in [-0.3, -0.25) is 0 Å². The number of nitrogens with zero attached hydrogens (tertiary/aromatic N) is 3. The molecule has 4 rings (SSSR count). The van der Waals surface area contributed by atoms with E-state index in [9.17, 15) is 0 Å². The van der Waals surface area contributed by atoms with Crippen molar-refractivity contribution < 1.29 is 0 Å². The minimum atomic E-state index is 0.660. The quantitative estimate of drug-likeness (QED) is 0.639. The van der Waals surface area contributed by atoms with Crippen LogP contribution in [0.25, 0.3) is 22.3 Å². The predicted octanol–water partition coefficient (Wildman–Crippen LogP) is 5.20. The van der Waals surface area contributed by atoms with Gasteiger partial charge in [-0.15, -0.1) is 0 Å². The average Bonchev–Trinajstić information content (AvgIpc) is 3.09. The number of rotatable bonds is 2. The van der Waals surface area contributed by atoms with Crippen LogP contribution in [0.4, 0.5) is 5.82 Å². The minimum Gasteiger partial charge on any atom is -0.356 e. The molecule has 1 fully saturated rings. The molecule has 23 heavy (non-hydrogen) atoms. The van der Waals surface area contributed by atoms with Crippen LogP contribution in [0.5, 0.6) is 0 Å². The van der Waals surface area contributed by atoms with Crippen LogP contribution in [0.3, 0.4) is 0 Å². The first-order valence-corrected chi connectivity index (χ1v) is 8.45. The molecule has 0 bridgehead atoms. The van der Waals surface area contributed by atoms with Gasteiger partial charge in [0.2, 0.25) is 0 Å². The summed E-state index contributed by atoms with van der Waals surface area (Å²) in [7, 11) is 0. The molecule has 0 aliphatic carbocycles. The topological polar surface area (TPSA) is 29.0 Å². The predicted molar refractivity (Wildman–Crippen MR) is 96.4 cm³/mol. The molecule has 0 atom stereocenters. The van der Waals surface area contributed by atoms with Gasteiger partial charge in [-0.2, -0.15) is 0 Å². The number of aromatic nitrogens is 2. The highest BCUT2D eigenvalue weighted by molar-refractivity contribution is 6.33. The van der Waals surface area contributed by atoms with E-state index in [0.29, 0.717) is 15.9 Å². The standard InChI is InChI=1S/C18H15Cl2N3/c19-12-7-8-16-14(11-12)18(23-9-3-4-10-23)22-17(21-16)13-5-1-2-6-15(13)20/h1-2,5-8,11H,3-4,9-10H2. The fraction of sp³-hybridized carbons (Fsp3) is 0.222. The summed E-state index contributed by atoms with van der Waals surface area (Å²) in [4.78, 5) is 11.8. The van der Waals surface area contributed by atoms with Gasteiger partial charge < -0.3 is 4.90 Å². The van der Waals surface area contributed by atoms with E-state index in [4.69, 9.17) is 33.2 Å². The van der Waals surface area contributed by atoms with Crippen LogP contribution in [0.15, 0.2) is 42.5 Å². The van der Waals surface area contributed by atoms with E-state index in [0.717, 1.165) is 35.4 Å². The number of hydrogen-bond donors (Lipinski definition) is 0. The first-order chi connectivity index (χ1) is 11.2. The van der Waals surface area contributed by atoms with Gasteiger partial charge in [-0.1, -0.05) is 35.3 Å². The number of benzene rings is 2. The van der Waals surface area contributed by atoms with Crippen molar-refractivity contribution in [2.24, 2.45) is 0 Å². The second-order valence-corrected chi connectivity index (χ2v) is 6.55. The van der Waals surface area contributed by atoms with Crippen molar-refractivity contribution in [2.75, 3.05) is 18.0 Å². The molecule has 1 aliphatic heterocycles. The first kappa shape index (κ1) is 14.7. The highest BCUT2D eigenvalue weighted by Crippen LogP contribution is 2.33. The van der Waals surface area contributed by atoms with Crippen LogP contribution in [0.2, 0.25) is 10.0 Å². The Balaban J connectivity index is 1.96. The zero-order valence-electron chi connectivity index (χ0n) is 12.5. The van der Waals surface area contributed by atoms with Gasteiger partial charge in [0.05, 0.1) is 10.5 Å². The normalized spacial score (nSPS) is 14.6. The Labute approximate surface area is 144 Å². The zero-order valence-corrected chi connectivity index (χ0v) is 14.0. The van der Waals surface area contributed by atoms with E-state index in [-0.39, 0.29) is 0 Å². The van der Waals surface area contributed by atoms with Crippen LogP contribution < -0.4 is 4.90 Å². The molecule has 1 aliphatic rings. The Morgan fingerprint density at radius 1 is 0.913 bits per heavy atom. The molecule has 5 heteroatoms. The van der Waals surface area contributed by atoms with Gasteiger partial charge in [-0.25, -0.2) is 9.97 Å². The van der Waals surface area contributed by atoms with E-state index >= 15 is 0 Å². The lowest BCUT2D eigenvalue weighted by Gasteiger charge is -2.19. The maximum absolute atomic E-state index is 6.33. The molecule has 0 N–H and O–H groups in total. The van der Waals surface area contributed by atoms with Gasteiger partial charge in [0.25, 0.3) is 0 Å². The maximum Gasteiger partial charge on any atom is 0.163 e. The second kappa shape index (κ2) is 5.99. The molecule has 1 saturated heterocycles. The van der Waals surface area contributed by atoms with Gasteiger partial charge in [0.15, 0.2) is 5.82 Å². The van der Waals surface area contributed by atoms with Gasteiger partial charge in [-0.05, 0) is 43.2 Å². The summed E-state index contributed by atoms with van der Waals surface area (Å²) in [5, 5.41) is 2.36. The van der Waals surface area contributed by atoms with Crippen LogP contribution >= 0.6 is 23.2 Å². The average molecular weight is 344 g/mol. The monoisotopic (exact) mass is 343 g/mol. The molecule has 0 radical (unpaired) electrons. The van der Waals surface area contributed by atoms with Crippen molar-refractivity contribution in [2.45, 2.75) is 12.8 Å². The maximum atomic E-state index is 6.33. The Morgan fingerprint density at radius 3 is 2.48 bits per heavy atom. The third-order valence-electron chi connectivity index (χ3n) is 4.16. The molecular formula is C18H15Cl2N3.